The Morgan fingerprint density at radius 1 is 1.20 bits per heavy atom. The number of aryl methyl sites for hydroxylation is 1. The second-order valence-corrected chi connectivity index (χ2v) is 5.60. The van der Waals surface area contributed by atoms with E-state index >= 15 is 0 Å². The van der Waals surface area contributed by atoms with Crippen molar-refractivity contribution in [1.82, 2.24) is 25.6 Å². The molecule has 1 atom stereocenters. The molecule has 20 heavy (non-hydrogen) atoms. The molecule has 1 aliphatic carbocycles. The van der Waals surface area contributed by atoms with Crippen molar-refractivity contribution in [2.24, 2.45) is 5.92 Å². The number of rotatable bonds is 6. The van der Waals surface area contributed by atoms with Crippen molar-refractivity contribution >= 4 is 0 Å². The summed E-state index contributed by atoms with van der Waals surface area (Å²) in [5.41, 5.74) is 0. The quantitative estimate of drug-likeness (QED) is 0.864. The van der Waals surface area contributed by atoms with Gasteiger partial charge in [-0.15, -0.1) is 0 Å². The van der Waals surface area contributed by atoms with Crippen molar-refractivity contribution in [2.75, 3.05) is 0 Å². The molecule has 1 N–H and O–H groups in total. The van der Waals surface area contributed by atoms with Gasteiger partial charge in [0.15, 0.2) is 11.6 Å². The fourth-order valence-electron chi connectivity index (χ4n) is 2.10. The molecule has 0 aliphatic heterocycles. The zero-order chi connectivity index (χ0) is 14.1. The molecule has 2 aromatic heterocycles. The van der Waals surface area contributed by atoms with Gasteiger partial charge in [0.2, 0.25) is 11.8 Å². The largest absolute Gasteiger partial charge is 0.338 e. The standard InChI is InChI=1S/C13H19N5O2/c1-7(2)11(14-6-10-15-8(3)17-19-10)13-16-12(18-20-13)9-4-5-9/h7,9,11,14H,4-6H2,1-3H3/t11-/m1/s1. The normalized spacial score (nSPS) is 16.8. The van der Waals surface area contributed by atoms with Gasteiger partial charge in [0.05, 0.1) is 12.6 Å². The third-order valence-electron chi connectivity index (χ3n) is 3.38. The van der Waals surface area contributed by atoms with Gasteiger partial charge in [0, 0.05) is 5.92 Å². The SMILES string of the molecule is Cc1noc(CN[C@@H](c2nc(C3CC3)no2)C(C)C)n1. The van der Waals surface area contributed by atoms with Crippen LogP contribution in [0, 0.1) is 12.8 Å². The highest BCUT2D eigenvalue weighted by molar-refractivity contribution is 5.05. The fraction of sp³-hybridized carbons (Fsp3) is 0.692. The van der Waals surface area contributed by atoms with Gasteiger partial charge in [0.1, 0.15) is 0 Å². The molecule has 1 aliphatic rings. The van der Waals surface area contributed by atoms with E-state index in [-0.39, 0.29) is 6.04 Å². The van der Waals surface area contributed by atoms with Crippen molar-refractivity contribution in [1.29, 1.82) is 0 Å². The maximum absolute atomic E-state index is 5.39. The molecule has 0 spiro atoms. The lowest BCUT2D eigenvalue weighted by Crippen LogP contribution is -2.26. The van der Waals surface area contributed by atoms with Crippen LogP contribution in [0.5, 0.6) is 0 Å². The predicted octanol–water partition coefficient (Wildman–Crippen LogP) is 2.13. The topological polar surface area (TPSA) is 89.9 Å². The average molecular weight is 277 g/mol. The van der Waals surface area contributed by atoms with E-state index < -0.39 is 0 Å². The molecule has 1 fully saturated rings. The molecule has 0 aromatic carbocycles. The Balaban J connectivity index is 1.67. The Morgan fingerprint density at radius 3 is 2.60 bits per heavy atom. The number of hydrogen-bond acceptors (Lipinski definition) is 7. The van der Waals surface area contributed by atoms with Crippen LogP contribution in [0.2, 0.25) is 0 Å². The monoisotopic (exact) mass is 277 g/mol. The van der Waals surface area contributed by atoms with E-state index in [1.54, 1.807) is 6.92 Å². The first-order valence-corrected chi connectivity index (χ1v) is 6.99. The molecule has 3 rings (SSSR count). The van der Waals surface area contributed by atoms with E-state index in [0.717, 1.165) is 5.82 Å². The first kappa shape index (κ1) is 13.2. The molecule has 0 saturated heterocycles. The van der Waals surface area contributed by atoms with E-state index in [4.69, 9.17) is 9.05 Å². The molecule has 1 saturated carbocycles. The first-order valence-electron chi connectivity index (χ1n) is 6.99. The number of nitrogens with zero attached hydrogens (tertiary/aromatic N) is 4. The van der Waals surface area contributed by atoms with E-state index in [2.05, 4.69) is 39.4 Å². The average Bonchev–Trinajstić information content (AvgIpc) is 3.00. The third-order valence-corrected chi connectivity index (χ3v) is 3.38. The zero-order valence-corrected chi connectivity index (χ0v) is 12.0. The molecule has 0 unspecified atom stereocenters. The summed E-state index contributed by atoms with van der Waals surface area (Å²) < 4.78 is 10.5. The molecular formula is C13H19N5O2. The summed E-state index contributed by atoms with van der Waals surface area (Å²) in [5, 5.41) is 11.2. The highest BCUT2D eigenvalue weighted by Gasteiger charge is 2.31. The lowest BCUT2D eigenvalue weighted by atomic mass is 10.0. The van der Waals surface area contributed by atoms with Gasteiger partial charge in [-0.2, -0.15) is 9.97 Å². The van der Waals surface area contributed by atoms with Crippen molar-refractivity contribution < 1.29 is 9.05 Å². The second-order valence-electron chi connectivity index (χ2n) is 5.60. The van der Waals surface area contributed by atoms with Gasteiger partial charge in [-0.1, -0.05) is 24.2 Å². The van der Waals surface area contributed by atoms with Crippen LogP contribution < -0.4 is 5.32 Å². The number of nitrogens with one attached hydrogen (secondary N) is 1. The summed E-state index contributed by atoms with van der Waals surface area (Å²) in [6.45, 7) is 6.51. The summed E-state index contributed by atoms with van der Waals surface area (Å²) in [7, 11) is 0. The van der Waals surface area contributed by atoms with E-state index in [0.29, 0.717) is 36.0 Å². The van der Waals surface area contributed by atoms with Crippen LogP contribution in [0.3, 0.4) is 0 Å². The highest BCUT2D eigenvalue weighted by atomic mass is 16.5. The summed E-state index contributed by atoms with van der Waals surface area (Å²) in [4.78, 5) is 8.68. The van der Waals surface area contributed by atoms with E-state index in [9.17, 15) is 0 Å². The Kier molecular flexibility index (Phi) is 3.52. The van der Waals surface area contributed by atoms with Gasteiger partial charge in [0.25, 0.3) is 0 Å². The lowest BCUT2D eigenvalue weighted by molar-refractivity contribution is 0.273. The Labute approximate surface area is 117 Å². The molecule has 0 amide bonds. The smallest absolute Gasteiger partial charge is 0.244 e. The molecule has 108 valence electrons. The maximum atomic E-state index is 5.39. The van der Waals surface area contributed by atoms with Gasteiger partial charge in [-0.3, -0.25) is 5.32 Å². The summed E-state index contributed by atoms with van der Waals surface area (Å²) in [6, 6.07) is -0.0118. The Bertz CT molecular complexity index is 573. The summed E-state index contributed by atoms with van der Waals surface area (Å²) in [6.07, 6.45) is 2.33. The fourth-order valence-corrected chi connectivity index (χ4v) is 2.10. The molecule has 0 radical (unpaired) electrons. The van der Waals surface area contributed by atoms with Crippen LogP contribution in [0.4, 0.5) is 0 Å². The van der Waals surface area contributed by atoms with E-state index in [1.165, 1.54) is 12.8 Å². The van der Waals surface area contributed by atoms with Crippen LogP contribution >= 0.6 is 0 Å². The number of aromatic nitrogens is 4. The van der Waals surface area contributed by atoms with Crippen LogP contribution in [-0.2, 0) is 6.54 Å². The molecule has 7 nitrogen and oxygen atoms in total. The Hall–Kier alpha value is -1.76. The minimum atomic E-state index is -0.0118. The third kappa shape index (κ3) is 2.87. The molecular weight excluding hydrogens is 258 g/mol. The lowest BCUT2D eigenvalue weighted by Gasteiger charge is -2.17. The second kappa shape index (κ2) is 5.32. The minimum absolute atomic E-state index is 0.0118. The summed E-state index contributed by atoms with van der Waals surface area (Å²) in [5.74, 6) is 3.50. The maximum Gasteiger partial charge on any atom is 0.244 e. The molecule has 0 bridgehead atoms. The Morgan fingerprint density at radius 2 is 2.00 bits per heavy atom. The molecule has 2 aromatic rings. The molecule has 7 heteroatoms. The van der Waals surface area contributed by atoms with Crippen LogP contribution in [0.25, 0.3) is 0 Å². The van der Waals surface area contributed by atoms with E-state index in [1.807, 2.05) is 0 Å². The van der Waals surface area contributed by atoms with Gasteiger partial charge in [-0.25, -0.2) is 0 Å². The van der Waals surface area contributed by atoms with Gasteiger partial charge in [-0.05, 0) is 25.7 Å². The van der Waals surface area contributed by atoms with Crippen molar-refractivity contribution in [2.45, 2.75) is 52.1 Å². The first-order chi connectivity index (χ1) is 9.63. The van der Waals surface area contributed by atoms with Crippen LogP contribution in [-0.4, -0.2) is 20.3 Å². The van der Waals surface area contributed by atoms with Gasteiger partial charge >= 0.3 is 0 Å². The number of hydrogen-bond donors (Lipinski definition) is 1. The van der Waals surface area contributed by atoms with Crippen LogP contribution in [0.1, 0.15) is 62.1 Å². The van der Waals surface area contributed by atoms with Crippen LogP contribution in [0.15, 0.2) is 9.05 Å². The highest BCUT2D eigenvalue weighted by Crippen LogP contribution is 2.38. The van der Waals surface area contributed by atoms with Crippen molar-refractivity contribution in [3.8, 4) is 0 Å². The molecule has 2 heterocycles. The zero-order valence-electron chi connectivity index (χ0n) is 12.0. The predicted molar refractivity (Wildman–Crippen MR) is 69.7 cm³/mol. The minimum Gasteiger partial charge on any atom is -0.338 e. The van der Waals surface area contributed by atoms with Gasteiger partial charge < -0.3 is 9.05 Å². The van der Waals surface area contributed by atoms with Crippen molar-refractivity contribution in [3.63, 3.8) is 0 Å². The summed E-state index contributed by atoms with van der Waals surface area (Å²) >= 11 is 0. The van der Waals surface area contributed by atoms with Crippen molar-refractivity contribution in [3.05, 3.63) is 23.4 Å².